The number of nitrogens with one attached hydrogen (secondary N) is 1. The van der Waals surface area contributed by atoms with Crippen molar-refractivity contribution in [2.75, 3.05) is 32.1 Å². The number of carbonyl (C=O) groups excluding carboxylic acids is 1. The van der Waals surface area contributed by atoms with Crippen molar-refractivity contribution >= 4 is 22.6 Å². The van der Waals surface area contributed by atoms with Gasteiger partial charge in [-0.05, 0) is 47.4 Å². The first kappa shape index (κ1) is 22.9. The molecule has 0 radical (unpaired) electrons. The molecular formula is C29H29N3O3. The third-order valence-electron chi connectivity index (χ3n) is 6.74. The van der Waals surface area contributed by atoms with Crippen molar-refractivity contribution in [3.05, 3.63) is 112 Å². The van der Waals surface area contributed by atoms with Crippen molar-refractivity contribution in [1.29, 1.82) is 0 Å². The number of para-hydroxylation sites is 1. The zero-order valence-corrected chi connectivity index (χ0v) is 20.0. The highest BCUT2D eigenvalue weighted by molar-refractivity contribution is 5.96. The standard InChI is InChI=1S/C29H29N3O3/c1-31(2)24-13-11-21(12-14-24)26(32-16-15-20-7-3-4-9-23(20)19-32)18-30-28(33)25-17-22-8-5-6-10-27(22)35-29(25)34/h3-14,17,26H,15-16,18-19H2,1-2H3,(H,30,33)/t26-/m0/s1. The van der Waals surface area contributed by atoms with E-state index in [1.807, 2.05) is 26.2 Å². The van der Waals surface area contributed by atoms with Crippen LogP contribution in [0.2, 0.25) is 0 Å². The second kappa shape index (κ2) is 9.76. The van der Waals surface area contributed by atoms with Crippen LogP contribution in [0.4, 0.5) is 5.69 Å². The van der Waals surface area contributed by atoms with Crippen LogP contribution >= 0.6 is 0 Å². The SMILES string of the molecule is CN(C)c1ccc([C@H](CNC(=O)c2cc3ccccc3oc2=O)N2CCc3ccccc3C2)cc1. The topological polar surface area (TPSA) is 65.8 Å². The number of hydrogen-bond donors (Lipinski definition) is 1. The van der Waals surface area contributed by atoms with Gasteiger partial charge in [-0.1, -0.05) is 54.6 Å². The van der Waals surface area contributed by atoms with E-state index in [1.54, 1.807) is 18.2 Å². The lowest BCUT2D eigenvalue weighted by Crippen LogP contribution is -2.41. The zero-order chi connectivity index (χ0) is 24.4. The van der Waals surface area contributed by atoms with Gasteiger partial charge in [0.05, 0.1) is 6.04 Å². The van der Waals surface area contributed by atoms with Gasteiger partial charge in [-0.2, -0.15) is 0 Å². The average Bonchev–Trinajstić information content (AvgIpc) is 2.88. The fraction of sp³-hybridized carbons (Fsp3) is 0.241. The van der Waals surface area contributed by atoms with E-state index in [0.29, 0.717) is 12.1 Å². The third kappa shape index (κ3) is 4.84. The summed E-state index contributed by atoms with van der Waals surface area (Å²) in [6.07, 6.45) is 0.963. The Morgan fingerprint density at radius 1 is 1.00 bits per heavy atom. The van der Waals surface area contributed by atoms with Crippen LogP contribution in [-0.2, 0) is 13.0 Å². The minimum atomic E-state index is -0.625. The summed E-state index contributed by atoms with van der Waals surface area (Å²) in [5, 5.41) is 3.73. The maximum Gasteiger partial charge on any atom is 0.349 e. The molecule has 5 rings (SSSR count). The molecule has 6 nitrogen and oxygen atoms in total. The van der Waals surface area contributed by atoms with Gasteiger partial charge in [-0.25, -0.2) is 4.79 Å². The minimum absolute atomic E-state index is 0.0226. The smallest absolute Gasteiger partial charge is 0.349 e. The van der Waals surface area contributed by atoms with E-state index in [0.717, 1.165) is 36.1 Å². The van der Waals surface area contributed by atoms with Crippen LogP contribution in [0.1, 0.15) is 33.1 Å². The first-order chi connectivity index (χ1) is 17.0. The van der Waals surface area contributed by atoms with Gasteiger partial charge in [0.2, 0.25) is 0 Å². The predicted octanol–water partition coefficient (Wildman–Crippen LogP) is 4.39. The Hall–Kier alpha value is -3.90. The van der Waals surface area contributed by atoms with E-state index in [4.69, 9.17) is 4.42 Å². The molecule has 0 unspecified atom stereocenters. The molecule has 0 spiro atoms. The fourth-order valence-electron chi connectivity index (χ4n) is 4.74. The van der Waals surface area contributed by atoms with Crippen LogP contribution in [0.3, 0.4) is 0 Å². The number of benzene rings is 3. The number of anilines is 1. The summed E-state index contributed by atoms with van der Waals surface area (Å²) in [5.74, 6) is -0.420. The maximum absolute atomic E-state index is 13.1. The lowest BCUT2D eigenvalue weighted by molar-refractivity contribution is 0.0924. The lowest BCUT2D eigenvalue weighted by Gasteiger charge is -2.36. The quantitative estimate of drug-likeness (QED) is 0.426. The van der Waals surface area contributed by atoms with E-state index >= 15 is 0 Å². The first-order valence-electron chi connectivity index (χ1n) is 11.9. The number of rotatable bonds is 6. The molecule has 2 heterocycles. The highest BCUT2D eigenvalue weighted by Gasteiger charge is 2.26. The van der Waals surface area contributed by atoms with Crippen LogP contribution in [0.15, 0.2) is 88.1 Å². The molecule has 0 aliphatic carbocycles. The lowest BCUT2D eigenvalue weighted by atomic mass is 9.96. The van der Waals surface area contributed by atoms with Gasteiger partial charge in [0.15, 0.2) is 0 Å². The van der Waals surface area contributed by atoms with Crippen LogP contribution in [0.25, 0.3) is 11.0 Å². The Morgan fingerprint density at radius 3 is 2.49 bits per heavy atom. The largest absolute Gasteiger partial charge is 0.422 e. The molecule has 1 N–H and O–H groups in total. The molecule has 3 aromatic carbocycles. The Morgan fingerprint density at radius 2 is 1.71 bits per heavy atom. The van der Waals surface area contributed by atoms with Gasteiger partial charge in [0.25, 0.3) is 5.91 Å². The molecule has 0 saturated carbocycles. The number of fused-ring (bicyclic) bond motifs is 2. The van der Waals surface area contributed by atoms with Crippen molar-refractivity contribution < 1.29 is 9.21 Å². The van der Waals surface area contributed by atoms with Gasteiger partial charge in [-0.15, -0.1) is 0 Å². The molecule has 1 aromatic heterocycles. The fourth-order valence-corrected chi connectivity index (χ4v) is 4.74. The molecule has 6 heteroatoms. The zero-order valence-electron chi connectivity index (χ0n) is 20.0. The molecule has 0 saturated heterocycles. The van der Waals surface area contributed by atoms with Gasteiger partial charge in [0, 0.05) is 44.8 Å². The van der Waals surface area contributed by atoms with Crippen molar-refractivity contribution in [1.82, 2.24) is 10.2 Å². The Kier molecular flexibility index (Phi) is 6.38. The summed E-state index contributed by atoms with van der Waals surface area (Å²) in [5.41, 5.74) is 4.81. The van der Waals surface area contributed by atoms with Gasteiger partial charge in [-0.3, -0.25) is 9.69 Å². The summed E-state index contributed by atoms with van der Waals surface area (Å²) in [6.45, 7) is 2.09. The van der Waals surface area contributed by atoms with Crippen molar-refractivity contribution in [2.45, 2.75) is 19.0 Å². The maximum atomic E-state index is 13.1. The van der Waals surface area contributed by atoms with Gasteiger partial charge >= 0.3 is 5.63 Å². The molecule has 178 valence electrons. The monoisotopic (exact) mass is 467 g/mol. The molecule has 1 atom stereocenters. The molecule has 4 aromatic rings. The molecule has 35 heavy (non-hydrogen) atoms. The molecule has 0 bridgehead atoms. The first-order valence-corrected chi connectivity index (χ1v) is 11.9. The molecule has 1 amide bonds. The highest BCUT2D eigenvalue weighted by Crippen LogP contribution is 2.29. The van der Waals surface area contributed by atoms with Crippen molar-refractivity contribution in [3.63, 3.8) is 0 Å². The minimum Gasteiger partial charge on any atom is -0.422 e. The molecule has 1 aliphatic heterocycles. The van der Waals surface area contributed by atoms with Gasteiger partial charge < -0.3 is 14.6 Å². The Bertz CT molecular complexity index is 1410. The third-order valence-corrected chi connectivity index (χ3v) is 6.74. The number of nitrogens with zero attached hydrogens (tertiary/aromatic N) is 2. The van der Waals surface area contributed by atoms with Crippen LogP contribution < -0.4 is 15.8 Å². The number of carbonyl (C=O) groups is 1. The average molecular weight is 468 g/mol. The van der Waals surface area contributed by atoms with Crippen molar-refractivity contribution in [3.8, 4) is 0 Å². The van der Waals surface area contributed by atoms with Crippen molar-refractivity contribution in [2.24, 2.45) is 0 Å². The predicted molar refractivity (Wildman–Crippen MR) is 139 cm³/mol. The van der Waals surface area contributed by atoms with E-state index in [1.165, 1.54) is 11.1 Å². The number of amides is 1. The summed E-state index contributed by atoms with van der Waals surface area (Å²) < 4.78 is 5.36. The van der Waals surface area contributed by atoms with E-state index < -0.39 is 11.5 Å². The summed E-state index contributed by atoms with van der Waals surface area (Å²) in [6, 6.07) is 25.7. The summed E-state index contributed by atoms with van der Waals surface area (Å²) >= 11 is 0. The van der Waals surface area contributed by atoms with Crippen LogP contribution in [0, 0.1) is 0 Å². The van der Waals surface area contributed by atoms with E-state index in [-0.39, 0.29) is 11.6 Å². The van der Waals surface area contributed by atoms with Crippen LogP contribution in [0.5, 0.6) is 0 Å². The highest BCUT2D eigenvalue weighted by atomic mass is 16.4. The summed E-state index contributed by atoms with van der Waals surface area (Å²) in [7, 11) is 4.03. The molecular weight excluding hydrogens is 438 g/mol. The molecule has 1 aliphatic rings. The Balaban J connectivity index is 1.40. The Labute approximate surface area is 204 Å². The van der Waals surface area contributed by atoms with Crippen LogP contribution in [-0.4, -0.2) is 38.0 Å². The van der Waals surface area contributed by atoms with E-state index in [9.17, 15) is 9.59 Å². The second-order valence-corrected chi connectivity index (χ2v) is 9.19. The normalized spacial score (nSPS) is 14.3. The second-order valence-electron chi connectivity index (χ2n) is 9.19. The van der Waals surface area contributed by atoms with E-state index in [2.05, 4.69) is 63.6 Å². The van der Waals surface area contributed by atoms with Gasteiger partial charge in [0.1, 0.15) is 11.1 Å². The number of hydrogen-bond acceptors (Lipinski definition) is 5. The summed E-state index contributed by atoms with van der Waals surface area (Å²) in [4.78, 5) is 30.0. The molecule has 0 fully saturated rings.